The van der Waals surface area contributed by atoms with Gasteiger partial charge in [-0.2, -0.15) is 0 Å². The highest BCUT2D eigenvalue weighted by atomic mass is 16.7. The zero-order valence-corrected chi connectivity index (χ0v) is 24.6. The molecule has 0 unspecified atom stereocenters. The summed E-state index contributed by atoms with van der Waals surface area (Å²) in [6.45, 7) is 10.7. The minimum Gasteiger partial charge on any atom is -0.425 e. The number of H-pyrrole nitrogens is 1. The fraction of sp³-hybridized carbons (Fsp3) is 0.393. The highest BCUT2D eigenvalue weighted by Gasteiger charge is 2.29. The van der Waals surface area contributed by atoms with E-state index in [1.54, 1.807) is 32.9 Å². The van der Waals surface area contributed by atoms with Crippen LogP contribution in [0.5, 0.6) is 0 Å². The van der Waals surface area contributed by atoms with Gasteiger partial charge < -0.3 is 30.8 Å². The molecular formula is C28H42N6O6. The van der Waals surface area contributed by atoms with Crippen molar-refractivity contribution in [3.05, 3.63) is 64.5 Å². The summed E-state index contributed by atoms with van der Waals surface area (Å²) in [5.41, 5.74) is 6.51. The molecule has 0 aliphatic rings. The maximum absolute atomic E-state index is 13.2. The molecule has 0 atom stereocenters. The standard InChI is InChI=1S/C25H31N5O6.C2H6.CH5N/c1-6-8-20(31)35-14-36-25(34)30(19-12-17(23(32)27-5)10-9-15(19)3)22(26)21-16(4)18(13-29-21)24(33)28-11-7-2;2*1-2/h6,8-10,12-13,26,29H,7,11,14H2,1-5H3,(H,27,32)(H,28,33);1-2H3;2H2,1H3/b8-6+,26-22?;;. The van der Waals surface area contributed by atoms with Crippen molar-refractivity contribution in [2.45, 2.75) is 48.0 Å². The van der Waals surface area contributed by atoms with Crippen molar-refractivity contribution in [1.82, 2.24) is 15.6 Å². The molecule has 2 aromatic rings. The molecule has 220 valence electrons. The van der Waals surface area contributed by atoms with Crippen molar-refractivity contribution in [2.24, 2.45) is 5.73 Å². The van der Waals surface area contributed by atoms with Crippen molar-refractivity contribution in [1.29, 1.82) is 5.41 Å². The molecule has 1 heterocycles. The third-order valence-electron chi connectivity index (χ3n) is 5.19. The number of aromatic nitrogens is 1. The van der Waals surface area contributed by atoms with E-state index in [4.69, 9.17) is 14.9 Å². The fourth-order valence-electron chi connectivity index (χ4n) is 3.26. The Labute approximate surface area is 235 Å². The maximum Gasteiger partial charge on any atom is 0.423 e. The van der Waals surface area contributed by atoms with Crippen molar-refractivity contribution >= 4 is 35.4 Å². The molecule has 0 bridgehead atoms. The zero-order valence-electron chi connectivity index (χ0n) is 24.6. The number of benzene rings is 1. The summed E-state index contributed by atoms with van der Waals surface area (Å²) >= 11 is 0. The van der Waals surface area contributed by atoms with Crippen LogP contribution in [0.25, 0.3) is 0 Å². The van der Waals surface area contributed by atoms with Gasteiger partial charge >= 0.3 is 12.1 Å². The van der Waals surface area contributed by atoms with Gasteiger partial charge in [0.05, 0.1) is 16.9 Å². The van der Waals surface area contributed by atoms with Crippen LogP contribution in [0.4, 0.5) is 10.5 Å². The predicted molar refractivity (Wildman–Crippen MR) is 156 cm³/mol. The van der Waals surface area contributed by atoms with Gasteiger partial charge in [-0.15, -0.1) is 0 Å². The second-order valence-electron chi connectivity index (χ2n) is 7.71. The van der Waals surface area contributed by atoms with Crippen molar-refractivity contribution in [3.63, 3.8) is 0 Å². The minimum atomic E-state index is -1.02. The fourth-order valence-corrected chi connectivity index (χ4v) is 3.26. The summed E-state index contributed by atoms with van der Waals surface area (Å²) in [5.74, 6) is -1.73. The molecule has 0 radical (unpaired) electrons. The van der Waals surface area contributed by atoms with E-state index in [0.717, 1.165) is 17.4 Å². The number of nitrogens with two attached hydrogens (primary N) is 1. The predicted octanol–water partition coefficient (Wildman–Crippen LogP) is 3.78. The van der Waals surface area contributed by atoms with Gasteiger partial charge in [0.15, 0.2) is 5.84 Å². The van der Waals surface area contributed by atoms with Gasteiger partial charge in [-0.3, -0.25) is 15.0 Å². The van der Waals surface area contributed by atoms with E-state index >= 15 is 0 Å². The molecule has 0 aliphatic carbocycles. The largest absolute Gasteiger partial charge is 0.425 e. The average molecular weight is 559 g/mol. The number of nitrogens with one attached hydrogen (secondary N) is 4. The molecule has 0 saturated heterocycles. The van der Waals surface area contributed by atoms with Gasteiger partial charge in [0.2, 0.25) is 6.79 Å². The van der Waals surface area contributed by atoms with Gasteiger partial charge in [0.25, 0.3) is 11.8 Å². The number of hydrogen-bond acceptors (Lipinski definition) is 8. The molecule has 12 nitrogen and oxygen atoms in total. The second kappa shape index (κ2) is 18.7. The first-order valence-electron chi connectivity index (χ1n) is 12.9. The Morgan fingerprint density at radius 3 is 2.33 bits per heavy atom. The first kappa shape index (κ1) is 35.5. The third kappa shape index (κ3) is 9.70. The lowest BCUT2D eigenvalue weighted by molar-refractivity contribution is -0.145. The van der Waals surface area contributed by atoms with Crippen LogP contribution < -0.4 is 21.3 Å². The Balaban J connectivity index is 0.00000363. The van der Waals surface area contributed by atoms with E-state index in [9.17, 15) is 19.2 Å². The van der Waals surface area contributed by atoms with E-state index < -0.39 is 18.9 Å². The molecular weight excluding hydrogens is 516 g/mol. The number of nitrogens with zero attached hydrogens (tertiary/aromatic N) is 1. The summed E-state index contributed by atoms with van der Waals surface area (Å²) in [5, 5.41) is 14.1. The number of carbonyl (C=O) groups is 4. The lowest BCUT2D eigenvalue weighted by Crippen LogP contribution is -2.39. The normalized spacial score (nSPS) is 9.82. The van der Waals surface area contributed by atoms with Crippen LogP contribution in [0, 0.1) is 19.3 Å². The Morgan fingerprint density at radius 1 is 1.10 bits per heavy atom. The average Bonchev–Trinajstić information content (AvgIpc) is 3.35. The SMILES string of the molecule is C/C=C/C(=O)OCOC(=O)N(C(=N)c1[nH]cc(C(=O)NCCC)c1C)c1cc(C(=O)NC)ccc1C.CC.CN. The van der Waals surface area contributed by atoms with Crippen molar-refractivity contribution in [3.8, 4) is 0 Å². The molecule has 0 fully saturated rings. The number of ether oxygens (including phenoxy) is 2. The molecule has 12 heteroatoms. The first-order chi connectivity index (χ1) is 19.2. The quantitative estimate of drug-likeness (QED) is 0.102. The van der Waals surface area contributed by atoms with Crippen LogP contribution in [0.15, 0.2) is 36.5 Å². The Hall–Kier alpha value is -4.45. The number of rotatable bonds is 9. The Morgan fingerprint density at radius 2 is 1.75 bits per heavy atom. The molecule has 40 heavy (non-hydrogen) atoms. The van der Waals surface area contributed by atoms with Crippen molar-refractivity contribution in [2.75, 3.05) is 32.3 Å². The number of aryl methyl sites for hydroxylation is 1. The van der Waals surface area contributed by atoms with E-state index in [1.807, 2.05) is 20.8 Å². The van der Waals surface area contributed by atoms with Crippen LogP contribution in [-0.2, 0) is 14.3 Å². The highest BCUT2D eigenvalue weighted by Crippen LogP contribution is 2.26. The van der Waals surface area contributed by atoms with Crippen LogP contribution in [-0.4, -0.2) is 62.1 Å². The van der Waals surface area contributed by atoms with Gasteiger partial charge in [0.1, 0.15) is 0 Å². The number of esters is 1. The first-order valence-corrected chi connectivity index (χ1v) is 12.9. The molecule has 0 aliphatic heterocycles. The number of amides is 3. The smallest absolute Gasteiger partial charge is 0.423 e. The van der Waals surface area contributed by atoms with Gasteiger partial charge in [0, 0.05) is 31.4 Å². The van der Waals surface area contributed by atoms with Gasteiger partial charge in [-0.1, -0.05) is 32.9 Å². The number of carbonyl (C=O) groups excluding carboxylic acids is 4. The van der Waals surface area contributed by atoms with Crippen LogP contribution in [0.3, 0.4) is 0 Å². The molecule has 1 aromatic heterocycles. The summed E-state index contributed by atoms with van der Waals surface area (Å²) in [6.07, 6.45) is 3.84. The van der Waals surface area contributed by atoms with Crippen LogP contribution >= 0.6 is 0 Å². The summed E-state index contributed by atoms with van der Waals surface area (Å²) in [6, 6.07) is 4.66. The van der Waals surface area contributed by atoms with E-state index in [2.05, 4.69) is 21.4 Å². The molecule has 0 spiro atoms. The van der Waals surface area contributed by atoms with Crippen LogP contribution in [0.1, 0.15) is 71.7 Å². The topological polar surface area (TPSA) is 180 Å². The Kier molecular flexibility index (Phi) is 16.7. The zero-order chi connectivity index (χ0) is 30.8. The van der Waals surface area contributed by atoms with Crippen LogP contribution in [0.2, 0.25) is 0 Å². The summed E-state index contributed by atoms with van der Waals surface area (Å²) in [7, 11) is 2.97. The lowest BCUT2D eigenvalue weighted by atomic mass is 10.1. The second-order valence-corrected chi connectivity index (χ2v) is 7.71. The summed E-state index contributed by atoms with van der Waals surface area (Å²) < 4.78 is 9.96. The third-order valence-corrected chi connectivity index (χ3v) is 5.19. The molecule has 3 amide bonds. The number of allylic oxidation sites excluding steroid dienone is 1. The monoisotopic (exact) mass is 558 g/mol. The molecule has 6 N–H and O–H groups in total. The minimum absolute atomic E-state index is 0.198. The molecule has 1 aromatic carbocycles. The molecule has 0 saturated carbocycles. The van der Waals surface area contributed by atoms with E-state index in [-0.39, 0.29) is 34.6 Å². The number of amidine groups is 1. The van der Waals surface area contributed by atoms with Crippen molar-refractivity contribution < 1.29 is 28.7 Å². The number of anilines is 1. The lowest BCUT2D eigenvalue weighted by Gasteiger charge is -2.24. The van der Waals surface area contributed by atoms with Gasteiger partial charge in [-0.05, 0) is 57.5 Å². The van der Waals surface area contributed by atoms with E-state index in [1.165, 1.54) is 32.4 Å². The number of hydrogen-bond donors (Lipinski definition) is 5. The Bertz CT molecular complexity index is 1190. The maximum atomic E-state index is 13.2. The summed E-state index contributed by atoms with van der Waals surface area (Å²) in [4.78, 5) is 53.3. The van der Waals surface area contributed by atoms with E-state index in [0.29, 0.717) is 23.2 Å². The molecule has 2 rings (SSSR count). The number of aromatic amines is 1. The highest BCUT2D eigenvalue weighted by molar-refractivity contribution is 6.21. The van der Waals surface area contributed by atoms with Gasteiger partial charge in [-0.25, -0.2) is 14.5 Å².